The fourth-order valence-electron chi connectivity index (χ4n) is 2.20. The number of anilines is 1. The maximum atomic E-state index is 12.1. The van der Waals surface area contributed by atoms with Crippen molar-refractivity contribution in [2.45, 2.75) is 20.0 Å². The number of benzene rings is 1. The number of nitrogens with one attached hydrogen (secondary N) is 2. The number of rotatable bonds is 6. The van der Waals surface area contributed by atoms with E-state index in [9.17, 15) is 4.79 Å². The van der Waals surface area contributed by atoms with Crippen molar-refractivity contribution in [3.63, 3.8) is 0 Å². The molecule has 2 aromatic heterocycles. The molecule has 25 heavy (non-hydrogen) atoms. The molecule has 1 amide bonds. The molecule has 0 spiro atoms. The highest BCUT2D eigenvalue weighted by Gasteiger charge is 2.08. The predicted molar refractivity (Wildman–Crippen MR) is 95.9 cm³/mol. The van der Waals surface area contributed by atoms with Crippen LogP contribution in [0.5, 0.6) is 0 Å². The molecule has 0 saturated heterocycles. The molecule has 0 saturated carbocycles. The zero-order valence-electron chi connectivity index (χ0n) is 13.9. The Balaban J connectivity index is 1.52. The zero-order valence-corrected chi connectivity index (χ0v) is 13.9. The third-order valence-corrected chi connectivity index (χ3v) is 3.63. The van der Waals surface area contributed by atoms with Gasteiger partial charge in [0, 0.05) is 12.7 Å². The Morgan fingerprint density at radius 1 is 0.960 bits per heavy atom. The van der Waals surface area contributed by atoms with E-state index in [4.69, 9.17) is 0 Å². The van der Waals surface area contributed by atoms with E-state index in [1.807, 2.05) is 18.2 Å². The summed E-state index contributed by atoms with van der Waals surface area (Å²) in [5, 5.41) is 5.96. The summed E-state index contributed by atoms with van der Waals surface area (Å²) < 4.78 is 0. The van der Waals surface area contributed by atoms with Gasteiger partial charge in [0.1, 0.15) is 11.5 Å². The molecule has 0 aliphatic heterocycles. The van der Waals surface area contributed by atoms with E-state index < -0.39 is 0 Å². The van der Waals surface area contributed by atoms with Crippen LogP contribution in [0.3, 0.4) is 0 Å². The summed E-state index contributed by atoms with van der Waals surface area (Å²) in [6.45, 7) is 3.06. The quantitative estimate of drug-likeness (QED) is 0.725. The van der Waals surface area contributed by atoms with Crippen molar-refractivity contribution in [2.24, 2.45) is 0 Å². The monoisotopic (exact) mass is 333 g/mol. The Kier molecular flexibility index (Phi) is 5.31. The molecule has 1 aromatic carbocycles. The van der Waals surface area contributed by atoms with E-state index in [1.165, 1.54) is 11.8 Å². The van der Waals surface area contributed by atoms with E-state index in [1.54, 1.807) is 12.4 Å². The third kappa shape index (κ3) is 4.84. The van der Waals surface area contributed by atoms with Crippen LogP contribution < -0.4 is 10.6 Å². The Morgan fingerprint density at radius 3 is 2.48 bits per heavy atom. The van der Waals surface area contributed by atoms with Crippen molar-refractivity contribution in [1.82, 2.24) is 20.3 Å². The maximum absolute atomic E-state index is 12.1. The summed E-state index contributed by atoms with van der Waals surface area (Å²) in [5.74, 6) is 0.352. The summed E-state index contributed by atoms with van der Waals surface area (Å²) >= 11 is 0. The first-order valence-electron chi connectivity index (χ1n) is 8.00. The zero-order chi connectivity index (χ0) is 17.5. The number of carbonyl (C=O) groups excluding carboxylic acids is 1. The summed E-state index contributed by atoms with van der Waals surface area (Å²) in [6.07, 6.45) is 4.71. The van der Waals surface area contributed by atoms with Crippen LogP contribution in [0.4, 0.5) is 5.82 Å². The van der Waals surface area contributed by atoms with Crippen LogP contribution in [0, 0.1) is 6.92 Å². The average molecular weight is 333 g/mol. The van der Waals surface area contributed by atoms with Gasteiger partial charge in [-0.3, -0.25) is 9.78 Å². The summed E-state index contributed by atoms with van der Waals surface area (Å²) in [5.41, 5.74) is 3.45. The average Bonchev–Trinajstić information content (AvgIpc) is 2.67. The lowest BCUT2D eigenvalue weighted by Crippen LogP contribution is -2.24. The second-order valence-corrected chi connectivity index (χ2v) is 5.63. The number of pyridine rings is 1. The largest absolute Gasteiger partial charge is 0.365 e. The van der Waals surface area contributed by atoms with Gasteiger partial charge in [-0.15, -0.1) is 0 Å². The lowest BCUT2D eigenvalue weighted by molar-refractivity contribution is 0.0945. The van der Waals surface area contributed by atoms with Crippen molar-refractivity contribution in [3.8, 4) is 0 Å². The standard InChI is InChI=1S/C19H19N5O/c1-14-5-7-15(8-6-14)10-22-18-13-21-17(12-23-18)19(25)24-11-16-4-2-3-9-20-16/h2-9,12-13H,10-11H2,1H3,(H,22,23)(H,24,25). The third-order valence-electron chi connectivity index (χ3n) is 3.63. The van der Waals surface area contributed by atoms with Crippen LogP contribution in [0.2, 0.25) is 0 Å². The Bertz CT molecular complexity index is 817. The van der Waals surface area contributed by atoms with Gasteiger partial charge in [-0.25, -0.2) is 9.97 Å². The molecular weight excluding hydrogens is 314 g/mol. The molecule has 0 radical (unpaired) electrons. The van der Waals surface area contributed by atoms with Gasteiger partial charge in [0.05, 0.1) is 24.6 Å². The van der Waals surface area contributed by atoms with E-state index in [2.05, 4.69) is 56.8 Å². The van der Waals surface area contributed by atoms with Crippen LogP contribution in [-0.4, -0.2) is 20.9 Å². The van der Waals surface area contributed by atoms with E-state index in [0.29, 0.717) is 18.9 Å². The van der Waals surface area contributed by atoms with Gasteiger partial charge in [-0.1, -0.05) is 35.9 Å². The molecule has 0 atom stereocenters. The highest BCUT2D eigenvalue weighted by molar-refractivity contribution is 5.91. The second-order valence-electron chi connectivity index (χ2n) is 5.63. The van der Waals surface area contributed by atoms with Gasteiger partial charge in [0.2, 0.25) is 0 Å². The smallest absolute Gasteiger partial charge is 0.271 e. The van der Waals surface area contributed by atoms with Gasteiger partial charge in [0.15, 0.2) is 0 Å². The molecule has 126 valence electrons. The van der Waals surface area contributed by atoms with E-state index in [0.717, 1.165) is 11.3 Å². The molecule has 3 rings (SSSR count). The molecule has 0 fully saturated rings. The molecule has 6 heteroatoms. The number of carbonyl (C=O) groups is 1. The SMILES string of the molecule is Cc1ccc(CNc2cnc(C(=O)NCc3ccccn3)cn2)cc1. The predicted octanol–water partition coefficient (Wildman–Crippen LogP) is 2.72. The van der Waals surface area contributed by atoms with Gasteiger partial charge < -0.3 is 10.6 Å². The normalized spacial score (nSPS) is 10.3. The van der Waals surface area contributed by atoms with Crippen LogP contribution in [-0.2, 0) is 13.1 Å². The number of hydrogen-bond acceptors (Lipinski definition) is 5. The minimum atomic E-state index is -0.275. The van der Waals surface area contributed by atoms with Crippen molar-refractivity contribution < 1.29 is 4.79 Å². The molecule has 3 aromatic rings. The first kappa shape index (κ1) is 16.6. The van der Waals surface area contributed by atoms with E-state index in [-0.39, 0.29) is 11.6 Å². The van der Waals surface area contributed by atoms with E-state index >= 15 is 0 Å². The highest BCUT2D eigenvalue weighted by atomic mass is 16.1. The minimum absolute atomic E-state index is 0.275. The highest BCUT2D eigenvalue weighted by Crippen LogP contribution is 2.07. The first-order chi connectivity index (χ1) is 12.2. The molecule has 0 unspecified atom stereocenters. The lowest BCUT2D eigenvalue weighted by atomic mass is 10.1. The molecule has 2 N–H and O–H groups in total. The molecule has 0 bridgehead atoms. The lowest BCUT2D eigenvalue weighted by Gasteiger charge is -2.07. The van der Waals surface area contributed by atoms with Gasteiger partial charge in [-0.2, -0.15) is 0 Å². The van der Waals surface area contributed by atoms with Crippen LogP contribution >= 0.6 is 0 Å². The van der Waals surface area contributed by atoms with Crippen molar-refractivity contribution in [1.29, 1.82) is 0 Å². The minimum Gasteiger partial charge on any atom is -0.365 e. The van der Waals surface area contributed by atoms with Gasteiger partial charge in [0.25, 0.3) is 5.91 Å². The summed E-state index contributed by atoms with van der Waals surface area (Å²) in [7, 11) is 0. The van der Waals surface area contributed by atoms with Crippen molar-refractivity contribution >= 4 is 11.7 Å². The van der Waals surface area contributed by atoms with Crippen molar-refractivity contribution in [3.05, 3.63) is 83.6 Å². The first-order valence-corrected chi connectivity index (χ1v) is 8.00. The molecule has 6 nitrogen and oxygen atoms in total. The number of amides is 1. The van der Waals surface area contributed by atoms with Crippen LogP contribution in [0.15, 0.2) is 61.1 Å². The number of hydrogen-bond donors (Lipinski definition) is 2. The Hall–Kier alpha value is -3.28. The fraction of sp³-hybridized carbons (Fsp3) is 0.158. The Morgan fingerprint density at radius 2 is 1.80 bits per heavy atom. The topological polar surface area (TPSA) is 79.8 Å². The Labute approximate surface area is 146 Å². The van der Waals surface area contributed by atoms with Gasteiger partial charge in [-0.05, 0) is 24.6 Å². The summed E-state index contributed by atoms with van der Waals surface area (Å²) in [4.78, 5) is 24.6. The molecule has 0 aliphatic carbocycles. The summed E-state index contributed by atoms with van der Waals surface area (Å²) in [6, 6.07) is 13.8. The number of aromatic nitrogens is 3. The number of aryl methyl sites for hydroxylation is 1. The fourth-order valence-corrected chi connectivity index (χ4v) is 2.20. The second kappa shape index (κ2) is 8.01. The maximum Gasteiger partial charge on any atom is 0.271 e. The van der Waals surface area contributed by atoms with Crippen LogP contribution in [0.1, 0.15) is 27.3 Å². The van der Waals surface area contributed by atoms with Gasteiger partial charge >= 0.3 is 0 Å². The number of nitrogens with zero attached hydrogens (tertiary/aromatic N) is 3. The van der Waals surface area contributed by atoms with Crippen LogP contribution in [0.25, 0.3) is 0 Å². The van der Waals surface area contributed by atoms with Crippen molar-refractivity contribution in [2.75, 3.05) is 5.32 Å². The molecule has 0 aliphatic rings. The molecule has 2 heterocycles. The molecular formula is C19H19N5O.